The minimum atomic E-state index is -0.311. The predicted molar refractivity (Wildman–Crippen MR) is 128 cm³/mol. The Bertz CT molecular complexity index is 910. The molecule has 2 aromatic rings. The Balaban J connectivity index is 0.000000170. The van der Waals surface area contributed by atoms with Gasteiger partial charge >= 0.3 is 0 Å². The molecule has 4 aliphatic heterocycles. The van der Waals surface area contributed by atoms with Gasteiger partial charge in [-0.3, -0.25) is 9.59 Å². The molecule has 0 radical (unpaired) electrons. The number of amides is 2. The van der Waals surface area contributed by atoms with Crippen LogP contribution in [-0.2, 0) is 20.4 Å². The maximum atomic E-state index is 12.0. The van der Waals surface area contributed by atoms with Crippen molar-refractivity contribution in [3.8, 4) is 0 Å². The fourth-order valence-electron chi connectivity index (χ4n) is 5.18. The lowest BCUT2D eigenvalue weighted by molar-refractivity contribution is -0.122. The molecule has 0 aromatic carbocycles. The standard InChI is InChI=1S/2C11H13N3O.2ClH/c2*15-10-11(3-6-12-7-4-11)8-2-1-5-13-9(8)14-10;;/h2*1-2,5,12H,3-4,6-7H2,(H,13,14,15);2*1H. The summed E-state index contributed by atoms with van der Waals surface area (Å²) >= 11 is 0. The molecule has 4 aliphatic rings. The number of anilines is 2. The molecule has 6 heterocycles. The van der Waals surface area contributed by atoms with Crippen LogP contribution < -0.4 is 21.3 Å². The van der Waals surface area contributed by atoms with Crippen molar-refractivity contribution in [2.24, 2.45) is 0 Å². The Morgan fingerprint density at radius 3 is 1.41 bits per heavy atom. The van der Waals surface area contributed by atoms with E-state index in [1.807, 2.05) is 24.3 Å². The van der Waals surface area contributed by atoms with Crippen LogP contribution >= 0.6 is 24.8 Å². The number of piperidine rings is 2. The summed E-state index contributed by atoms with van der Waals surface area (Å²) in [5.41, 5.74) is 1.54. The Hall–Kier alpha value is -2.26. The first-order valence-corrected chi connectivity index (χ1v) is 10.6. The highest BCUT2D eigenvalue weighted by molar-refractivity contribution is 6.06. The minimum absolute atomic E-state index is 0. The van der Waals surface area contributed by atoms with E-state index in [0.29, 0.717) is 0 Å². The maximum absolute atomic E-state index is 12.0. The first kappa shape index (κ1) is 24.4. The zero-order valence-electron chi connectivity index (χ0n) is 17.6. The largest absolute Gasteiger partial charge is 0.317 e. The number of nitrogens with one attached hydrogen (secondary N) is 4. The van der Waals surface area contributed by atoms with Gasteiger partial charge in [0.1, 0.15) is 11.6 Å². The van der Waals surface area contributed by atoms with E-state index in [-0.39, 0.29) is 47.5 Å². The molecule has 172 valence electrons. The number of aromatic nitrogens is 2. The first-order valence-electron chi connectivity index (χ1n) is 10.6. The van der Waals surface area contributed by atoms with Crippen molar-refractivity contribution in [3.63, 3.8) is 0 Å². The zero-order chi connectivity index (χ0) is 20.6. The average molecular weight is 479 g/mol. The molecular weight excluding hydrogens is 451 g/mol. The van der Waals surface area contributed by atoms with Crippen LogP contribution in [0.15, 0.2) is 36.7 Å². The van der Waals surface area contributed by atoms with Gasteiger partial charge in [-0.2, -0.15) is 0 Å². The Kier molecular flexibility index (Phi) is 7.39. The third-order valence-corrected chi connectivity index (χ3v) is 6.89. The molecule has 2 saturated heterocycles. The Labute approximate surface area is 199 Å². The molecule has 0 aliphatic carbocycles. The number of carbonyl (C=O) groups excluding carboxylic acids is 2. The molecule has 8 nitrogen and oxygen atoms in total. The lowest BCUT2D eigenvalue weighted by atomic mass is 9.75. The SMILES string of the molecule is Cl.Cl.O=C1Nc2ncccc2C12CCNCC2.O=C1Nc2ncccc2C12CCNCC2. The average Bonchev–Trinajstić information content (AvgIpc) is 3.21. The van der Waals surface area contributed by atoms with Gasteiger partial charge in [-0.05, 0) is 64.0 Å². The van der Waals surface area contributed by atoms with Crippen molar-refractivity contribution in [1.29, 1.82) is 0 Å². The van der Waals surface area contributed by atoms with Gasteiger partial charge in [0.15, 0.2) is 0 Å². The maximum Gasteiger partial charge on any atom is 0.236 e. The normalized spacial score (nSPS) is 21.1. The van der Waals surface area contributed by atoms with Crippen LogP contribution in [0.25, 0.3) is 0 Å². The van der Waals surface area contributed by atoms with Crippen molar-refractivity contribution in [3.05, 3.63) is 47.8 Å². The van der Waals surface area contributed by atoms with Gasteiger partial charge in [0, 0.05) is 23.5 Å². The lowest BCUT2D eigenvalue weighted by Gasteiger charge is -2.31. The highest BCUT2D eigenvalue weighted by atomic mass is 35.5. The van der Waals surface area contributed by atoms with Gasteiger partial charge in [0.2, 0.25) is 11.8 Å². The summed E-state index contributed by atoms with van der Waals surface area (Å²) in [7, 11) is 0. The monoisotopic (exact) mass is 478 g/mol. The number of carbonyl (C=O) groups is 2. The number of pyridine rings is 2. The van der Waals surface area contributed by atoms with Crippen LogP contribution in [0.1, 0.15) is 36.8 Å². The molecule has 2 aromatic heterocycles. The molecule has 4 N–H and O–H groups in total. The summed E-state index contributed by atoms with van der Waals surface area (Å²) in [5, 5.41) is 12.3. The van der Waals surface area contributed by atoms with Crippen LogP contribution in [0.2, 0.25) is 0 Å². The first-order chi connectivity index (χ1) is 14.7. The molecule has 32 heavy (non-hydrogen) atoms. The molecule has 2 spiro atoms. The van der Waals surface area contributed by atoms with E-state index in [0.717, 1.165) is 74.6 Å². The predicted octanol–water partition coefficient (Wildman–Crippen LogP) is 2.15. The fourth-order valence-corrected chi connectivity index (χ4v) is 5.18. The van der Waals surface area contributed by atoms with Crippen LogP contribution in [0.5, 0.6) is 0 Å². The van der Waals surface area contributed by atoms with Crippen LogP contribution in [0.4, 0.5) is 11.6 Å². The molecular formula is C22H28Cl2N6O2. The minimum Gasteiger partial charge on any atom is -0.317 e. The Morgan fingerprint density at radius 1 is 0.656 bits per heavy atom. The Morgan fingerprint density at radius 2 is 1.03 bits per heavy atom. The van der Waals surface area contributed by atoms with Crippen molar-refractivity contribution in [1.82, 2.24) is 20.6 Å². The van der Waals surface area contributed by atoms with Crippen molar-refractivity contribution < 1.29 is 9.59 Å². The van der Waals surface area contributed by atoms with Crippen molar-refractivity contribution in [2.45, 2.75) is 36.5 Å². The summed E-state index contributed by atoms with van der Waals surface area (Å²) < 4.78 is 0. The smallest absolute Gasteiger partial charge is 0.236 e. The number of nitrogens with zero attached hydrogens (tertiary/aromatic N) is 2. The van der Waals surface area contributed by atoms with Gasteiger partial charge in [-0.25, -0.2) is 9.97 Å². The van der Waals surface area contributed by atoms with E-state index in [1.54, 1.807) is 12.4 Å². The summed E-state index contributed by atoms with van der Waals surface area (Å²) in [6.45, 7) is 3.62. The van der Waals surface area contributed by atoms with Crippen molar-refractivity contribution in [2.75, 3.05) is 36.8 Å². The van der Waals surface area contributed by atoms with Gasteiger partial charge in [-0.15, -0.1) is 24.8 Å². The quantitative estimate of drug-likeness (QED) is 0.461. The number of hydrogen-bond acceptors (Lipinski definition) is 6. The van der Waals surface area contributed by atoms with E-state index in [1.165, 1.54) is 0 Å². The highest BCUT2D eigenvalue weighted by Crippen LogP contribution is 2.43. The van der Waals surface area contributed by atoms with E-state index >= 15 is 0 Å². The second-order valence-electron chi connectivity index (χ2n) is 8.37. The van der Waals surface area contributed by atoms with Crippen molar-refractivity contribution >= 4 is 48.3 Å². The van der Waals surface area contributed by atoms with Gasteiger partial charge in [0.05, 0.1) is 10.8 Å². The topological polar surface area (TPSA) is 108 Å². The summed E-state index contributed by atoms with van der Waals surface area (Å²) in [5.74, 6) is 1.75. The molecule has 10 heteroatoms. The second-order valence-corrected chi connectivity index (χ2v) is 8.37. The van der Waals surface area contributed by atoms with Gasteiger partial charge in [-0.1, -0.05) is 12.1 Å². The fraction of sp³-hybridized carbons (Fsp3) is 0.455. The van der Waals surface area contributed by atoms with E-state index in [4.69, 9.17) is 0 Å². The molecule has 0 atom stereocenters. The molecule has 0 unspecified atom stereocenters. The number of halogens is 2. The number of fused-ring (bicyclic) bond motifs is 4. The highest BCUT2D eigenvalue weighted by Gasteiger charge is 2.48. The third kappa shape index (κ3) is 3.85. The summed E-state index contributed by atoms with van der Waals surface area (Å²) in [6, 6.07) is 7.85. The van der Waals surface area contributed by atoms with E-state index in [2.05, 4.69) is 31.2 Å². The lowest BCUT2D eigenvalue weighted by Crippen LogP contribution is -2.44. The van der Waals surface area contributed by atoms with Crippen LogP contribution in [0, 0.1) is 0 Å². The number of hydrogen-bond donors (Lipinski definition) is 4. The molecule has 0 bridgehead atoms. The molecule has 6 rings (SSSR count). The van der Waals surface area contributed by atoms with E-state index in [9.17, 15) is 9.59 Å². The third-order valence-electron chi connectivity index (χ3n) is 6.89. The van der Waals surface area contributed by atoms with Crippen LogP contribution in [0.3, 0.4) is 0 Å². The summed E-state index contributed by atoms with van der Waals surface area (Å²) in [6.07, 6.45) is 6.93. The molecule has 2 amide bonds. The second kappa shape index (κ2) is 9.70. The number of rotatable bonds is 0. The van der Waals surface area contributed by atoms with E-state index < -0.39 is 0 Å². The summed E-state index contributed by atoms with van der Waals surface area (Å²) in [4.78, 5) is 32.5. The zero-order valence-corrected chi connectivity index (χ0v) is 19.3. The van der Waals surface area contributed by atoms with Crippen LogP contribution in [-0.4, -0.2) is 48.0 Å². The molecule has 0 saturated carbocycles. The van der Waals surface area contributed by atoms with Gasteiger partial charge < -0.3 is 21.3 Å². The van der Waals surface area contributed by atoms with Gasteiger partial charge in [0.25, 0.3) is 0 Å². The molecule has 2 fully saturated rings.